The Morgan fingerprint density at radius 3 is 2.48 bits per heavy atom. The van der Waals surface area contributed by atoms with E-state index in [2.05, 4.69) is 10.3 Å². The van der Waals surface area contributed by atoms with Crippen LogP contribution in [0.4, 0.5) is 4.79 Å². The van der Waals surface area contributed by atoms with E-state index in [0.29, 0.717) is 38.3 Å². The Labute approximate surface area is 147 Å². The number of unbranched alkanes of at least 4 members (excludes halogenated alkanes) is 1. The topological polar surface area (TPSA) is 106 Å². The summed E-state index contributed by atoms with van der Waals surface area (Å²) in [4.78, 5) is 41.8. The maximum Gasteiger partial charge on any atom is 0.317 e. The number of hydrogen-bond donors (Lipinski definition) is 3. The molecule has 3 N–H and O–H groups in total. The van der Waals surface area contributed by atoms with Gasteiger partial charge in [0.15, 0.2) is 0 Å². The second kappa shape index (κ2) is 9.10. The first-order valence-electron chi connectivity index (χ1n) is 8.71. The standard InChI is InChI=1S/C17H26N4O4/c1-2-3-5-13(12-15(22)23)19-17(25)21-10-8-20(9-11-21)16(24)14-6-4-7-18-14/h4,6-7,13,18H,2-3,5,8-12H2,1H3,(H,19,25)(H,22,23). The number of amides is 3. The van der Waals surface area contributed by atoms with E-state index in [4.69, 9.17) is 5.11 Å². The summed E-state index contributed by atoms with van der Waals surface area (Å²) in [7, 11) is 0. The molecule has 0 aliphatic carbocycles. The molecular formula is C17H26N4O4. The molecule has 25 heavy (non-hydrogen) atoms. The molecule has 1 aliphatic rings. The van der Waals surface area contributed by atoms with Crippen LogP contribution in [-0.4, -0.2) is 70.0 Å². The monoisotopic (exact) mass is 350 g/mol. The number of H-pyrrole nitrogens is 1. The quantitative estimate of drug-likeness (QED) is 0.693. The van der Waals surface area contributed by atoms with Crippen LogP contribution in [0.2, 0.25) is 0 Å². The highest BCUT2D eigenvalue weighted by Crippen LogP contribution is 2.10. The summed E-state index contributed by atoms with van der Waals surface area (Å²) in [6.07, 6.45) is 4.11. The average Bonchev–Trinajstić information content (AvgIpc) is 3.13. The van der Waals surface area contributed by atoms with Crippen molar-refractivity contribution in [2.45, 2.75) is 38.6 Å². The SMILES string of the molecule is CCCCC(CC(=O)O)NC(=O)N1CCN(C(=O)c2ccc[nH]2)CC1. The van der Waals surface area contributed by atoms with Crippen LogP contribution in [0.25, 0.3) is 0 Å². The molecule has 0 spiro atoms. The van der Waals surface area contributed by atoms with E-state index >= 15 is 0 Å². The molecule has 8 nitrogen and oxygen atoms in total. The predicted octanol–water partition coefficient (Wildman–Crippen LogP) is 1.52. The number of carboxylic acid groups (broad SMARTS) is 1. The van der Waals surface area contributed by atoms with Gasteiger partial charge in [0.1, 0.15) is 5.69 Å². The smallest absolute Gasteiger partial charge is 0.317 e. The van der Waals surface area contributed by atoms with Gasteiger partial charge in [0.2, 0.25) is 0 Å². The van der Waals surface area contributed by atoms with Crippen LogP contribution in [0.5, 0.6) is 0 Å². The molecule has 1 fully saturated rings. The third-order valence-corrected chi connectivity index (χ3v) is 4.34. The van der Waals surface area contributed by atoms with Crippen molar-refractivity contribution in [2.75, 3.05) is 26.2 Å². The summed E-state index contributed by atoms with van der Waals surface area (Å²) in [5.41, 5.74) is 0.541. The fraction of sp³-hybridized carbons (Fsp3) is 0.588. The zero-order valence-corrected chi connectivity index (χ0v) is 14.5. The van der Waals surface area contributed by atoms with Gasteiger partial charge in [0.25, 0.3) is 5.91 Å². The van der Waals surface area contributed by atoms with Crippen molar-refractivity contribution >= 4 is 17.9 Å². The summed E-state index contributed by atoms with van der Waals surface area (Å²) in [6.45, 7) is 3.82. The fourth-order valence-electron chi connectivity index (χ4n) is 2.90. The third-order valence-electron chi connectivity index (χ3n) is 4.34. The van der Waals surface area contributed by atoms with Crippen LogP contribution in [-0.2, 0) is 4.79 Å². The van der Waals surface area contributed by atoms with Gasteiger partial charge >= 0.3 is 12.0 Å². The van der Waals surface area contributed by atoms with Gasteiger partial charge < -0.3 is 25.2 Å². The van der Waals surface area contributed by atoms with Gasteiger partial charge in [-0.1, -0.05) is 19.8 Å². The Morgan fingerprint density at radius 1 is 1.24 bits per heavy atom. The Kier molecular flexibility index (Phi) is 6.85. The number of aromatic nitrogens is 1. The number of nitrogens with zero attached hydrogens (tertiary/aromatic N) is 2. The second-order valence-electron chi connectivity index (χ2n) is 6.25. The van der Waals surface area contributed by atoms with E-state index in [1.807, 2.05) is 6.92 Å². The molecule has 8 heteroatoms. The fourth-order valence-corrected chi connectivity index (χ4v) is 2.90. The molecule has 0 aromatic carbocycles. The molecule has 138 valence electrons. The van der Waals surface area contributed by atoms with Crippen molar-refractivity contribution in [2.24, 2.45) is 0 Å². The molecule has 1 saturated heterocycles. The van der Waals surface area contributed by atoms with Crippen LogP contribution in [0, 0.1) is 0 Å². The number of rotatable bonds is 7. The molecule has 1 unspecified atom stereocenters. The van der Waals surface area contributed by atoms with E-state index in [1.54, 1.807) is 28.1 Å². The van der Waals surface area contributed by atoms with Crippen LogP contribution < -0.4 is 5.32 Å². The van der Waals surface area contributed by atoms with Crippen molar-refractivity contribution in [3.63, 3.8) is 0 Å². The van der Waals surface area contributed by atoms with E-state index < -0.39 is 5.97 Å². The minimum atomic E-state index is -0.914. The first-order chi connectivity index (χ1) is 12.0. The molecule has 1 atom stereocenters. The Bertz CT molecular complexity index is 579. The molecule has 0 saturated carbocycles. The second-order valence-corrected chi connectivity index (χ2v) is 6.25. The van der Waals surface area contributed by atoms with E-state index in [1.165, 1.54) is 0 Å². The largest absolute Gasteiger partial charge is 0.481 e. The number of aromatic amines is 1. The van der Waals surface area contributed by atoms with E-state index in [9.17, 15) is 14.4 Å². The summed E-state index contributed by atoms with van der Waals surface area (Å²) >= 11 is 0. The maximum atomic E-state index is 12.4. The number of carboxylic acids is 1. The third kappa shape index (κ3) is 5.51. The van der Waals surface area contributed by atoms with Crippen molar-refractivity contribution in [3.8, 4) is 0 Å². The van der Waals surface area contributed by atoms with Crippen molar-refractivity contribution < 1.29 is 19.5 Å². The number of carbonyl (C=O) groups is 3. The molecule has 3 amide bonds. The molecule has 1 aromatic heterocycles. The number of urea groups is 1. The maximum absolute atomic E-state index is 12.4. The van der Waals surface area contributed by atoms with Gasteiger partial charge in [0.05, 0.1) is 6.42 Å². The highest BCUT2D eigenvalue weighted by molar-refractivity contribution is 5.92. The lowest BCUT2D eigenvalue weighted by Gasteiger charge is -2.35. The lowest BCUT2D eigenvalue weighted by atomic mass is 10.1. The van der Waals surface area contributed by atoms with Crippen molar-refractivity contribution in [1.29, 1.82) is 0 Å². The van der Waals surface area contributed by atoms with Gasteiger partial charge in [-0.2, -0.15) is 0 Å². The number of piperazine rings is 1. The minimum Gasteiger partial charge on any atom is -0.481 e. The molecule has 1 aromatic rings. The normalized spacial score (nSPS) is 15.7. The van der Waals surface area contributed by atoms with Crippen LogP contribution in [0.3, 0.4) is 0 Å². The number of hydrogen-bond acceptors (Lipinski definition) is 3. The average molecular weight is 350 g/mol. The summed E-state index contributed by atoms with van der Waals surface area (Å²) in [6, 6.07) is 2.89. The molecule has 2 heterocycles. The van der Waals surface area contributed by atoms with Crippen LogP contribution in [0.15, 0.2) is 18.3 Å². The lowest BCUT2D eigenvalue weighted by molar-refractivity contribution is -0.137. The summed E-state index contributed by atoms with van der Waals surface area (Å²) in [5, 5.41) is 11.8. The number of aliphatic carboxylic acids is 1. The summed E-state index contributed by atoms with van der Waals surface area (Å²) < 4.78 is 0. The van der Waals surface area contributed by atoms with Crippen molar-refractivity contribution in [3.05, 3.63) is 24.0 Å². The van der Waals surface area contributed by atoms with Gasteiger partial charge in [-0.25, -0.2) is 4.79 Å². The van der Waals surface area contributed by atoms with Crippen LogP contribution >= 0.6 is 0 Å². The van der Waals surface area contributed by atoms with E-state index in [-0.39, 0.29) is 24.4 Å². The lowest BCUT2D eigenvalue weighted by Crippen LogP contribution is -2.54. The van der Waals surface area contributed by atoms with Crippen molar-refractivity contribution in [1.82, 2.24) is 20.1 Å². The Hall–Kier alpha value is -2.51. The van der Waals surface area contributed by atoms with Crippen LogP contribution in [0.1, 0.15) is 43.1 Å². The molecule has 0 bridgehead atoms. The van der Waals surface area contributed by atoms with E-state index in [0.717, 1.165) is 12.8 Å². The molecule has 2 rings (SSSR count). The highest BCUT2D eigenvalue weighted by Gasteiger charge is 2.26. The van der Waals surface area contributed by atoms with Gasteiger partial charge in [-0.05, 0) is 18.6 Å². The summed E-state index contributed by atoms with van der Waals surface area (Å²) in [5.74, 6) is -0.987. The molecule has 1 aliphatic heterocycles. The van der Waals surface area contributed by atoms with Gasteiger partial charge in [0, 0.05) is 38.4 Å². The number of nitrogens with one attached hydrogen (secondary N) is 2. The highest BCUT2D eigenvalue weighted by atomic mass is 16.4. The Morgan fingerprint density at radius 2 is 1.92 bits per heavy atom. The predicted molar refractivity (Wildman–Crippen MR) is 92.4 cm³/mol. The molecule has 0 radical (unpaired) electrons. The van der Waals surface area contributed by atoms with Gasteiger partial charge in [-0.15, -0.1) is 0 Å². The first kappa shape index (κ1) is 18.8. The zero-order chi connectivity index (χ0) is 18.2. The first-order valence-corrected chi connectivity index (χ1v) is 8.71. The zero-order valence-electron chi connectivity index (χ0n) is 14.5. The Balaban J connectivity index is 1.83. The number of carbonyl (C=O) groups excluding carboxylic acids is 2. The molecular weight excluding hydrogens is 324 g/mol. The van der Waals surface area contributed by atoms with Gasteiger partial charge in [-0.3, -0.25) is 9.59 Å². The minimum absolute atomic E-state index is 0.0724.